The Bertz CT molecular complexity index is 1140. The summed E-state index contributed by atoms with van der Waals surface area (Å²) < 4.78 is 0.822. The minimum absolute atomic E-state index is 0.0887. The number of carbonyl (C=O) groups excluding carboxylic acids is 2. The van der Waals surface area contributed by atoms with Crippen LogP contribution in [0.25, 0.3) is 5.76 Å². The van der Waals surface area contributed by atoms with Crippen LogP contribution in [0, 0.1) is 6.92 Å². The van der Waals surface area contributed by atoms with Crippen molar-refractivity contribution >= 4 is 33.4 Å². The Balaban J connectivity index is 1.87. The van der Waals surface area contributed by atoms with Crippen molar-refractivity contribution in [2.75, 3.05) is 0 Å². The number of halogens is 1. The summed E-state index contributed by atoms with van der Waals surface area (Å²) in [6, 6.07) is 17.6. The van der Waals surface area contributed by atoms with Crippen molar-refractivity contribution in [3.05, 3.63) is 105 Å². The number of aryl methyl sites for hydroxylation is 1. The maximum absolute atomic E-state index is 13.0. The molecule has 0 aliphatic carbocycles. The third-order valence-electron chi connectivity index (χ3n) is 5.11. The largest absolute Gasteiger partial charge is 0.507 e. The van der Waals surface area contributed by atoms with Crippen molar-refractivity contribution in [3.63, 3.8) is 0 Å². The van der Waals surface area contributed by atoms with E-state index in [1.165, 1.54) is 4.90 Å². The minimum atomic E-state index is -0.705. The standard InChI is InChI=1S/C24H19BrN2O3/c1-15-7-9-17(10-8-15)22(28)20-21(18-5-2-6-19(25)12-18)27(24(30)23(20)29)14-16-4-3-11-26-13-16/h2-13,21,28H,14H2,1H3/t21-/m1/s1. The molecule has 1 aliphatic heterocycles. The van der Waals surface area contributed by atoms with E-state index in [0.29, 0.717) is 5.56 Å². The molecular weight excluding hydrogens is 444 g/mol. The van der Waals surface area contributed by atoms with E-state index in [0.717, 1.165) is 21.2 Å². The molecule has 0 radical (unpaired) electrons. The number of aromatic nitrogens is 1. The van der Waals surface area contributed by atoms with Gasteiger partial charge in [-0.15, -0.1) is 0 Å². The zero-order valence-electron chi connectivity index (χ0n) is 16.2. The Morgan fingerprint density at radius 3 is 2.53 bits per heavy atom. The lowest BCUT2D eigenvalue weighted by atomic mass is 9.95. The second-order valence-corrected chi connectivity index (χ2v) is 8.12. The lowest BCUT2D eigenvalue weighted by Gasteiger charge is -2.25. The molecule has 0 bridgehead atoms. The van der Waals surface area contributed by atoms with Gasteiger partial charge in [-0.1, -0.05) is 64.0 Å². The van der Waals surface area contributed by atoms with Gasteiger partial charge in [0.05, 0.1) is 11.6 Å². The number of hydrogen-bond donors (Lipinski definition) is 1. The Labute approximate surface area is 182 Å². The molecule has 2 aromatic carbocycles. The van der Waals surface area contributed by atoms with Crippen LogP contribution in [0.1, 0.15) is 28.3 Å². The molecule has 0 unspecified atom stereocenters. The number of carbonyl (C=O) groups is 2. The molecule has 5 nitrogen and oxygen atoms in total. The van der Waals surface area contributed by atoms with Gasteiger partial charge >= 0.3 is 0 Å². The highest BCUT2D eigenvalue weighted by Crippen LogP contribution is 2.40. The summed E-state index contributed by atoms with van der Waals surface area (Å²) in [7, 11) is 0. The van der Waals surface area contributed by atoms with Crippen LogP contribution < -0.4 is 0 Å². The van der Waals surface area contributed by atoms with Gasteiger partial charge < -0.3 is 10.0 Å². The number of amides is 1. The predicted octanol–water partition coefficient (Wildman–Crippen LogP) is 4.77. The van der Waals surface area contributed by atoms with Crippen molar-refractivity contribution in [2.45, 2.75) is 19.5 Å². The van der Waals surface area contributed by atoms with Crippen molar-refractivity contribution in [3.8, 4) is 0 Å². The summed E-state index contributed by atoms with van der Waals surface area (Å²) in [6.07, 6.45) is 3.32. The minimum Gasteiger partial charge on any atom is -0.507 e. The van der Waals surface area contributed by atoms with Gasteiger partial charge in [-0.25, -0.2) is 0 Å². The summed E-state index contributed by atoms with van der Waals surface area (Å²) in [4.78, 5) is 31.6. The van der Waals surface area contributed by atoms with Crippen LogP contribution in [0.4, 0.5) is 0 Å². The first-order valence-corrected chi connectivity index (χ1v) is 10.2. The van der Waals surface area contributed by atoms with E-state index < -0.39 is 17.7 Å². The SMILES string of the molecule is Cc1ccc(C(O)=C2C(=O)C(=O)N(Cc3cccnc3)[C@@H]2c2cccc(Br)c2)cc1. The Kier molecular flexibility index (Phi) is 5.50. The summed E-state index contributed by atoms with van der Waals surface area (Å²) in [5.74, 6) is -1.51. The molecule has 1 aliphatic rings. The van der Waals surface area contributed by atoms with E-state index in [2.05, 4.69) is 20.9 Å². The molecule has 1 aromatic heterocycles. The summed E-state index contributed by atoms with van der Waals surface area (Å²) in [5, 5.41) is 11.0. The van der Waals surface area contributed by atoms with E-state index >= 15 is 0 Å². The smallest absolute Gasteiger partial charge is 0.295 e. The van der Waals surface area contributed by atoms with Crippen molar-refractivity contribution in [1.29, 1.82) is 0 Å². The average Bonchev–Trinajstić information content (AvgIpc) is 2.99. The maximum Gasteiger partial charge on any atom is 0.295 e. The Hall–Kier alpha value is -3.25. The normalized spacial score (nSPS) is 18.1. The molecule has 4 rings (SSSR count). The monoisotopic (exact) mass is 462 g/mol. The third kappa shape index (κ3) is 3.78. The second kappa shape index (κ2) is 8.24. The van der Waals surface area contributed by atoms with Crippen LogP contribution >= 0.6 is 15.9 Å². The summed E-state index contributed by atoms with van der Waals surface area (Å²) >= 11 is 3.46. The molecule has 0 spiro atoms. The van der Waals surface area contributed by atoms with Crippen molar-refractivity contribution in [1.82, 2.24) is 9.88 Å². The zero-order valence-corrected chi connectivity index (χ0v) is 17.8. The number of hydrogen-bond acceptors (Lipinski definition) is 4. The molecule has 0 saturated carbocycles. The Morgan fingerprint density at radius 1 is 1.10 bits per heavy atom. The highest BCUT2D eigenvalue weighted by atomic mass is 79.9. The topological polar surface area (TPSA) is 70.5 Å². The van der Waals surface area contributed by atoms with Gasteiger partial charge in [-0.05, 0) is 36.2 Å². The molecule has 2 heterocycles. The lowest BCUT2D eigenvalue weighted by Crippen LogP contribution is -2.29. The fraction of sp³-hybridized carbons (Fsp3) is 0.125. The molecule has 1 amide bonds. The number of aliphatic hydroxyl groups excluding tert-OH is 1. The first kappa shape index (κ1) is 20.0. The number of rotatable bonds is 4. The maximum atomic E-state index is 13.0. The first-order valence-electron chi connectivity index (χ1n) is 9.45. The number of benzene rings is 2. The third-order valence-corrected chi connectivity index (χ3v) is 5.60. The van der Waals surface area contributed by atoms with E-state index in [9.17, 15) is 14.7 Å². The van der Waals surface area contributed by atoms with Crippen LogP contribution in [-0.4, -0.2) is 26.7 Å². The molecule has 150 valence electrons. The molecule has 30 heavy (non-hydrogen) atoms. The van der Waals surface area contributed by atoms with Crippen molar-refractivity contribution < 1.29 is 14.7 Å². The van der Waals surface area contributed by atoms with E-state index in [1.54, 1.807) is 30.6 Å². The highest BCUT2D eigenvalue weighted by Gasteiger charge is 2.46. The number of aliphatic hydroxyl groups is 1. The molecule has 1 saturated heterocycles. The Morgan fingerprint density at radius 2 is 1.87 bits per heavy atom. The lowest BCUT2D eigenvalue weighted by molar-refractivity contribution is -0.140. The van der Waals surface area contributed by atoms with Gasteiger partial charge in [0.2, 0.25) is 0 Å². The van der Waals surface area contributed by atoms with Gasteiger partial charge in [0.15, 0.2) is 0 Å². The van der Waals surface area contributed by atoms with E-state index in [4.69, 9.17) is 0 Å². The molecule has 6 heteroatoms. The van der Waals surface area contributed by atoms with Gasteiger partial charge in [0, 0.05) is 29.0 Å². The van der Waals surface area contributed by atoms with Crippen LogP contribution in [0.3, 0.4) is 0 Å². The highest BCUT2D eigenvalue weighted by molar-refractivity contribution is 9.10. The average molecular weight is 463 g/mol. The quantitative estimate of drug-likeness (QED) is 0.344. The summed E-state index contributed by atoms with van der Waals surface area (Å²) in [6.45, 7) is 2.15. The van der Waals surface area contributed by atoms with Crippen LogP contribution in [0.15, 0.2) is 83.1 Å². The van der Waals surface area contributed by atoms with Gasteiger partial charge in [-0.2, -0.15) is 0 Å². The fourth-order valence-electron chi connectivity index (χ4n) is 3.62. The summed E-state index contributed by atoms with van der Waals surface area (Å²) in [5.41, 5.74) is 3.16. The number of likely N-dealkylation sites (tertiary alicyclic amines) is 1. The molecule has 1 fully saturated rings. The van der Waals surface area contributed by atoms with Crippen LogP contribution in [0.2, 0.25) is 0 Å². The van der Waals surface area contributed by atoms with E-state index in [1.807, 2.05) is 49.4 Å². The number of ketones is 1. The molecule has 1 N–H and O–H groups in total. The number of nitrogens with zero attached hydrogens (tertiary/aromatic N) is 2. The predicted molar refractivity (Wildman–Crippen MR) is 117 cm³/mol. The van der Waals surface area contributed by atoms with Crippen LogP contribution in [0.5, 0.6) is 0 Å². The van der Waals surface area contributed by atoms with Gasteiger partial charge in [0.25, 0.3) is 11.7 Å². The van der Waals surface area contributed by atoms with Crippen LogP contribution in [-0.2, 0) is 16.1 Å². The fourth-order valence-corrected chi connectivity index (χ4v) is 4.04. The van der Waals surface area contributed by atoms with Gasteiger partial charge in [-0.3, -0.25) is 14.6 Å². The molecule has 3 aromatic rings. The first-order chi connectivity index (χ1) is 14.5. The number of Topliss-reactive ketones (excluding diaryl/α,β-unsaturated/α-hetero) is 1. The van der Waals surface area contributed by atoms with Crippen molar-refractivity contribution in [2.24, 2.45) is 0 Å². The molecule has 1 atom stereocenters. The second-order valence-electron chi connectivity index (χ2n) is 7.21. The number of pyridine rings is 1. The van der Waals surface area contributed by atoms with E-state index in [-0.39, 0.29) is 17.9 Å². The van der Waals surface area contributed by atoms with Gasteiger partial charge in [0.1, 0.15) is 5.76 Å². The zero-order chi connectivity index (χ0) is 21.3. The molecular formula is C24H19BrN2O3.